The fourth-order valence-electron chi connectivity index (χ4n) is 0. The van der Waals surface area contributed by atoms with Crippen molar-refractivity contribution in [2.45, 2.75) is 0 Å². The standard InChI is InChI=1S/CH2O3.2CO2.2K/c2-1(3)4;2*2-1-3;;/h(H2,2,3,4);;;;/q;;;2*+1/p-2. The van der Waals surface area contributed by atoms with Crippen LogP contribution in [-0.4, -0.2) is 18.5 Å². The van der Waals surface area contributed by atoms with Gasteiger partial charge in [-0.1, -0.05) is 0 Å². The molecule has 0 saturated heterocycles. The zero-order chi connectivity index (χ0) is 8.99. The van der Waals surface area contributed by atoms with Gasteiger partial charge >= 0.3 is 115 Å². The molecular formula is C3K2O7. The van der Waals surface area contributed by atoms with Crippen LogP contribution in [0.15, 0.2) is 0 Å². The van der Waals surface area contributed by atoms with Crippen LogP contribution in [0.2, 0.25) is 0 Å². The van der Waals surface area contributed by atoms with Crippen molar-refractivity contribution < 1.29 is 137 Å². The second-order valence-corrected chi connectivity index (χ2v) is 0.417. The van der Waals surface area contributed by atoms with Gasteiger partial charge < -0.3 is 15.0 Å². The van der Waals surface area contributed by atoms with Gasteiger partial charge in [0.05, 0.1) is 0 Å². The first kappa shape index (κ1) is 29.2. The molecule has 0 bridgehead atoms. The van der Waals surface area contributed by atoms with Crippen LogP contribution in [0, 0.1) is 0 Å². The maximum absolute atomic E-state index is 8.33. The molecule has 0 aliphatic carbocycles. The van der Waals surface area contributed by atoms with Crippen molar-refractivity contribution in [1.29, 1.82) is 0 Å². The molecule has 0 N–H and O–H groups in total. The smallest absolute Gasteiger partial charge is 0.652 e. The number of hydrogen-bond acceptors (Lipinski definition) is 7. The summed E-state index contributed by atoms with van der Waals surface area (Å²) < 4.78 is 0. The van der Waals surface area contributed by atoms with E-state index in [1.165, 1.54) is 0 Å². The van der Waals surface area contributed by atoms with Crippen molar-refractivity contribution in [3.63, 3.8) is 0 Å². The Hall–Kier alpha value is 1.30. The molecule has 9 heteroatoms. The molecule has 56 valence electrons. The Balaban J connectivity index is -0.0000000191. The molecular weight excluding hydrogens is 226 g/mol. The second kappa shape index (κ2) is 39.6. The van der Waals surface area contributed by atoms with Gasteiger partial charge in [-0.25, -0.2) is 0 Å². The number of carbonyl (C=O) groups excluding carboxylic acids is 5. The number of rotatable bonds is 0. The largest absolute Gasteiger partial charge is 1.00 e. The summed E-state index contributed by atoms with van der Waals surface area (Å²) in [4.78, 5) is 40.8. The third-order valence-electron chi connectivity index (χ3n) is 0. The zero-order valence-electron chi connectivity index (χ0n) is 6.36. The summed E-state index contributed by atoms with van der Waals surface area (Å²) in [7, 11) is 0. The minimum Gasteiger partial charge on any atom is -0.652 e. The Morgan fingerprint density at radius 2 is 0.833 bits per heavy atom. The molecule has 0 aromatic carbocycles. The number of carbonyl (C=O) groups is 1. The Morgan fingerprint density at radius 3 is 0.833 bits per heavy atom. The third-order valence-corrected chi connectivity index (χ3v) is 0. The monoisotopic (exact) mass is 226 g/mol. The molecule has 0 radical (unpaired) electrons. The van der Waals surface area contributed by atoms with E-state index in [0.717, 1.165) is 0 Å². The van der Waals surface area contributed by atoms with E-state index in [9.17, 15) is 0 Å². The van der Waals surface area contributed by atoms with Gasteiger partial charge in [-0.3, -0.25) is 0 Å². The Labute approximate surface area is 152 Å². The van der Waals surface area contributed by atoms with Gasteiger partial charge in [-0.15, -0.1) is 0 Å². The van der Waals surface area contributed by atoms with Gasteiger partial charge in [0, 0.05) is 0 Å². The molecule has 12 heavy (non-hydrogen) atoms. The summed E-state index contributed by atoms with van der Waals surface area (Å²) in [5.41, 5.74) is 0. The van der Waals surface area contributed by atoms with E-state index >= 15 is 0 Å². The molecule has 0 fully saturated rings. The summed E-state index contributed by atoms with van der Waals surface area (Å²) in [5, 5.41) is 16.7. The molecule has 7 nitrogen and oxygen atoms in total. The molecule has 0 amide bonds. The van der Waals surface area contributed by atoms with Crippen LogP contribution in [0.4, 0.5) is 4.79 Å². The van der Waals surface area contributed by atoms with Gasteiger partial charge in [0.15, 0.2) is 0 Å². The fraction of sp³-hybridized carbons (Fsp3) is 0. The van der Waals surface area contributed by atoms with Crippen molar-refractivity contribution in [1.82, 2.24) is 0 Å². The zero-order valence-corrected chi connectivity index (χ0v) is 12.6. The summed E-state index contributed by atoms with van der Waals surface area (Å²) in [6.07, 6.45) is -1.83. The number of hydrogen-bond donors (Lipinski definition) is 0. The first-order chi connectivity index (χ1) is 4.56. The Bertz CT molecular complexity index is 127. The van der Waals surface area contributed by atoms with Crippen molar-refractivity contribution in [2.24, 2.45) is 0 Å². The maximum atomic E-state index is 8.33. The van der Waals surface area contributed by atoms with Gasteiger partial charge in [0.25, 0.3) is 0 Å². The van der Waals surface area contributed by atoms with E-state index < -0.39 is 6.16 Å². The molecule has 0 aromatic rings. The van der Waals surface area contributed by atoms with Gasteiger partial charge in [0.1, 0.15) is 0 Å². The molecule has 0 saturated carbocycles. The molecule has 0 rings (SSSR count). The van der Waals surface area contributed by atoms with Crippen molar-refractivity contribution in [3.05, 3.63) is 0 Å². The molecule has 0 heterocycles. The molecule has 0 aliphatic rings. The van der Waals surface area contributed by atoms with E-state index in [1.54, 1.807) is 0 Å². The van der Waals surface area contributed by atoms with Crippen LogP contribution in [0.1, 0.15) is 0 Å². The van der Waals surface area contributed by atoms with Crippen LogP contribution in [-0.2, 0) is 19.2 Å². The molecule has 0 atom stereocenters. The van der Waals surface area contributed by atoms with E-state index in [4.69, 9.17) is 34.2 Å². The van der Waals surface area contributed by atoms with Crippen molar-refractivity contribution in [3.8, 4) is 0 Å². The minimum absolute atomic E-state index is 0. The predicted molar refractivity (Wildman–Crippen MR) is 15.4 cm³/mol. The van der Waals surface area contributed by atoms with Gasteiger partial charge in [-0.05, 0) is 6.16 Å². The third kappa shape index (κ3) is 707. The van der Waals surface area contributed by atoms with Crippen LogP contribution >= 0.6 is 0 Å². The minimum atomic E-state index is -2.33. The summed E-state index contributed by atoms with van der Waals surface area (Å²) >= 11 is 0. The van der Waals surface area contributed by atoms with E-state index in [-0.39, 0.29) is 115 Å². The van der Waals surface area contributed by atoms with Crippen molar-refractivity contribution >= 4 is 18.5 Å². The normalized spacial score (nSPS) is 3.33. The van der Waals surface area contributed by atoms with Gasteiger partial charge in [0.2, 0.25) is 0 Å². The average Bonchev–Trinajstić information content (AvgIpc) is 1.65. The molecule has 0 unspecified atom stereocenters. The van der Waals surface area contributed by atoms with Crippen molar-refractivity contribution in [2.75, 3.05) is 0 Å². The van der Waals surface area contributed by atoms with E-state index in [1.807, 2.05) is 0 Å². The fourth-order valence-corrected chi connectivity index (χ4v) is 0. The van der Waals surface area contributed by atoms with Crippen LogP contribution < -0.4 is 113 Å². The van der Waals surface area contributed by atoms with Crippen LogP contribution in [0.25, 0.3) is 0 Å². The SMILES string of the molecule is O=C([O-])[O-].O=C=O.O=C=O.[K+].[K+]. The van der Waals surface area contributed by atoms with E-state index in [2.05, 4.69) is 0 Å². The summed E-state index contributed by atoms with van der Waals surface area (Å²) in [6, 6.07) is 0. The second-order valence-electron chi connectivity index (χ2n) is 0.417. The predicted octanol–water partition coefficient (Wildman–Crippen LogP) is -9.61. The van der Waals surface area contributed by atoms with Gasteiger partial charge in [-0.2, -0.15) is 19.2 Å². The van der Waals surface area contributed by atoms with Crippen LogP contribution in [0.5, 0.6) is 0 Å². The maximum Gasteiger partial charge on any atom is 1.00 e. The molecule has 0 spiro atoms. The van der Waals surface area contributed by atoms with Crippen LogP contribution in [0.3, 0.4) is 0 Å². The average molecular weight is 226 g/mol. The van der Waals surface area contributed by atoms with E-state index in [0.29, 0.717) is 0 Å². The number of carboxylic acid groups (broad SMARTS) is 2. The quantitative estimate of drug-likeness (QED) is 0.374. The topological polar surface area (TPSA) is 131 Å². The Morgan fingerprint density at radius 1 is 0.833 bits per heavy atom. The summed E-state index contributed by atoms with van der Waals surface area (Å²) in [6.45, 7) is 0. The first-order valence-corrected chi connectivity index (χ1v) is 1.43. The molecule has 0 aliphatic heterocycles. The first-order valence-electron chi connectivity index (χ1n) is 1.43. The summed E-state index contributed by atoms with van der Waals surface area (Å²) in [5.74, 6) is 0. The Kier molecular flexibility index (Phi) is 96.3. The molecule has 0 aromatic heterocycles.